The number of nitrogens with zero attached hydrogens (tertiary/aromatic N) is 3. The first-order chi connectivity index (χ1) is 18.0. The van der Waals surface area contributed by atoms with E-state index in [1.807, 2.05) is 32.6 Å². The standard InChI is InChI=1S/C28H35FN4O5/c1-6-37-26(35)20-13-19(17-7-8-17)22-16(2)23(21(29)15-33(22)25(20)34)31-11-9-18(14-31)24-30-10-12-32(24)27(36)38-28(3,4)5/h13,15,17-18H,6-12,14H2,1-5H3/p+1. The molecule has 0 radical (unpaired) electrons. The number of rotatable bonds is 5. The SMILES string of the molecule is CCOC(=O)c1cc(C2CC2)c2c(C)c(N3CCC(C4=[NH+]CCN4C(=O)OC(C)(C)C)C3)c(F)cn2c1=O. The quantitative estimate of drug-likeness (QED) is 0.600. The second-order valence-corrected chi connectivity index (χ2v) is 11.4. The summed E-state index contributed by atoms with van der Waals surface area (Å²) in [5.74, 6) is -0.156. The second-order valence-electron chi connectivity index (χ2n) is 11.4. The fraction of sp³-hybridized carbons (Fsp3) is 0.571. The van der Waals surface area contributed by atoms with Crippen LogP contribution >= 0.6 is 0 Å². The molecule has 2 aromatic heterocycles. The number of anilines is 1. The van der Waals surface area contributed by atoms with Crippen LogP contribution in [0.15, 0.2) is 17.1 Å². The van der Waals surface area contributed by atoms with Crippen LogP contribution in [0.1, 0.15) is 74.4 Å². The highest BCUT2D eigenvalue weighted by molar-refractivity contribution is 5.95. The predicted octanol–water partition coefficient (Wildman–Crippen LogP) is 2.36. The summed E-state index contributed by atoms with van der Waals surface area (Å²) in [6, 6.07) is 1.64. The number of nitrogens with one attached hydrogen (secondary N) is 1. The van der Waals surface area contributed by atoms with E-state index < -0.39 is 22.9 Å². The molecule has 38 heavy (non-hydrogen) atoms. The Morgan fingerprint density at radius 2 is 1.89 bits per heavy atom. The highest BCUT2D eigenvalue weighted by Crippen LogP contribution is 2.44. The van der Waals surface area contributed by atoms with Gasteiger partial charge < -0.3 is 14.4 Å². The molecule has 1 amide bonds. The van der Waals surface area contributed by atoms with Gasteiger partial charge in [0.25, 0.3) is 11.4 Å². The van der Waals surface area contributed by atoms with Crippen LogP contribution in [0, 0.1) is 18.7 Å². The molecule has 3 aliphatic rings. The third kappa shape index (κ3) is 4.76. The number of halogens is 1. The summed E-state index contributed by atoms with van der Waals surface area (Å²) in [5.41, 5.74) is 1.44. The molecule has 2 fully saturated rings. The molecule has 0 spiro atoms. The number of aryl methyl sites for hydroxylation is 1. The van der Waals surface area contributed by atoms with Gasteiger partial charge in [0, 0.05) is 13.1 Å². The fourth-order valence-corrected chi connectivity index (χ4v) is 5.66. The van der Waals surface area contributed by atoms with Gasteiger partial charge in [0.15, 0.2) is 5.82 Å². The molecular weight excluding hydrogens is 491 g/mol. The highest BCUT2D eigenvalue weighted by Gasteiger charge is 2.43. The van der Waals surface area contributed by atoms with Gasteiger partial charge in [-0.3, -0.25) is 14.2 Å². The third-order valence-electron chi connectivity index (χ3n) is 7.39. The van der Waals surface area contributed by atoms with Gasteiger partial charge in [-0.1, -0.05) is 0 Å². The van der Waals surface area contributed by atoms with Crippen molar-refractivity contribution in [3.8, 4) is 0 Å². The highest BCUT2D eigenvalue weighted by atomic mass is 19.1. The van der Waals surface area contributed by atoms with Gasteiger partial charge in [0.1, 0.15) is 24.3 Å². The fourth-order valence-electron chi connectivity index (χ4n) is 5.66. The summed E-state index contributed by atoms with van der Waals surface area (Å²) in [7, 11) is 0. The predicted molar refractivity (Wildman–Crippen MR) is 140 cm³/mol. The van der Waals surface area contributed by atoms with E-state index in [2.05, 4.69) is 4.99 Å². The normalized spacial score (nSPS) is 19.7. The van der Waals surface area contributed by atoms with E-state index in [0.717, 1.165) is 30.7 Å². The van der Waals surface area contributed by atoms with Crippen molar-refractivity contribution in [2.75, 3.05) is 37.7 Å². The van der Waals surface area contributed by atoms with Crippen molar-refractivity contribution < 1.29 is 28.4 Å². The minimum absolute atomic E-state index is 0.0105. The van der Waals surface area contributed by atoms with Gasteiger partial charge in [-0.2, -0.15) is 9.69 Å². The topological polar surface area (TPSA) is 94.5 Å². The van der Waals surface area contributed by atoms with Crippen LogP contribution in [-0.4, -0.2) is 65.6 Å². The average molecular weight is 528 g/mol. The van der Waals surface area contributed by atoms with Crippen LogP contribution < -0.4 is 15.5 Å². The maximum Gasteiger partial charge on any atom is 0.507 e. The molecule has 9 nitrogen and oxygen atoms in total. The Labute approximate surface area is 221 Å². The van der Waals surface area contributed by atoms with E-state index in [0.29, 0.717) is 42.9 Å². The molecule has 1 N–H and O–H groups in total. The van der Waals surface area contributed by atoms with Crippen molar-refractivity contribution in [3.63, 3.8) is 0 Å². The Hall–Kier alpha value is -3.43. The summed E-state index contributed by atoms with van der Waals surface area (Å²) >= 11 is 0. The van der Waals surface area contributed by atoms with Crippen molar-refractivity contribution in [1.29, 1.82) is 0 Å². The molecule has 204 valence electrons. The van der Waals surface area contributed by atoms with Gasteiger partial charge in [-0.05, 0) is 77.0 Å². The molecule has 2 aromatic rings. The number of hydrogen-bond donors (Lipinski definition) is 1. The Bertz CT molecular complexity index is 1390. The maximum absolute atomic E-state index is 15.7. The minimum atomic E-state index is -0.686. The molecule has 1 saturated heterocycles. The summed E-state index contributed by atoms with van der Waals surface area (Å²) in [6.45, 7) is 11.5. The van der Waals surface area contributed by atoms with E-state index in [-0.39, 0.29) is 30.1 Å². The molecule has 4 heterocycles. The lowest BCUT2D eigenvalue weighted by atomic mass is 10.0. The average Bonchev–Trinajstić information content (AvgIpc) is 3.35. The number of esters is 1. The van der Waals surface area contributed by atoms with Crippen LogP contribution in [0.3, 0.4) is 0 Å². The van der Waals surface area contributed by atoms with Crippen LogP contribution in [0.2, 0.25) is 0 Å². The number of amides is 1. The summed E-state index contributed by atoms with van der Waals surface area (Å²) in [6.07, 6.45) is 3.48. The lowest BCUT2D eigenvalue weighted by Gasteiger charge is -2.24. The first kappa shape index (κ1) is 26.2. The smallest absolute Gasteiger partial charge is 0.462 e. The van der Waals surface area contributed by atoms with Crippen LogP contribution in [-0.2, 0) is 9.47 Å². The number of carbonyl (C=O) groups is 2. The van der Waals surface area contributed by atoms with Crippen LogP contribution in [0.5, 0.6) is 0 Å². The van der Waals surface area contributed by atoms with Gasteiger partial charge in [-0.15, -0.1) is 0 Å². The van der Waals surface area contributed by atoms with Crippen LogP contribution in [0.25, 0.3) is 5.52 Å². The van der Waals surface area contributed by atoms with Gasteiger partial charge in [0.2, 0.25) is 0 Å². The maximum atomic E-state index is 15.7. The zero-order valence-corrected chi connectivity index (χ0v) is 22.7. The largest absolute Gasteiger partial charge is 0.507 e. The summed E-state index contributed by atoms with van der Waals surface area (Å²) < 4.78 is 27.7. The van der Waals surface area contributed by atoms with Gasteiger partial charge >= 0.3 is 12.1 Å². The molecule has 5 rings (SSSR count). The molecule has 1 atom stereocenters. The lowest BCUT2D eigenvalue weighted by molar-refractivity contribution is -0.447. The van der Waals surface area contributed by atoms with E-state index in [4.69, 9.17) is 9.47 Å². The monoisotopic (exact) mass is 527 g/mol. The molecule has 1 saturated carbocycles. The number of aromatic nitrogens is 1. The summed E-state index contributed by atoms with van der Waals surface area (Å²) in [5, 5.41) is 0. The third-order valence-corrected chi connectivity index (χ3v) is 7.39. The number of carbonyl (C=O) groups excluding carboxylic acids is 2. The van der Waals surface area contributed by atoms with Crippen molar-refractivity contribution in [2.45, 2.75) is 65.4 Å². The molecule has 10 heteroatoms. The second kappa shape index (κ2) is 9.71. The Morgan fingerprint density at radius 3 is 2.55 bits per heavy atom. The van der Waals surface area contributed by atoms with E-state index in [1.54, 1.807) is 17.9 Å². The first-order valence-corrected chi connectivity index (χ1v) is 13.4. The Kier molecular flexibility index (Phi) is 6.69. The van der Waals surface area contributed by atoms with Gasteiger partial charge in [0.05, 0.1) is 29.9 Å². The van der Waals surface area contributed by atoms with Crippen molar-refractivity contribution in [2.24, 2.45) is 5.92 Å². The number of ether oxygens (including phenoxy) is 2. The van der Waals surface area contributed by atoms with E-state index in [1.165, 1.54) is 10.6 Å². The number of fused-ring (bicyclic) bond motifs is 1. The van der Waals surface area contributed by atoms with Crippen molar-refractivity contribution >= 4 is 29.1 Å². The first-order valence-electron chi connectivity index (χ1n) is 13.4. The Morgan fingerprint density at radius 1 is 1.16 bits per heavy atom. The molecule has 0 bridgehead atoms. The molecule has 0 aromatic carbocycles. The van der Waals surface area contributed by atoms with Crippen molar-refractivity contribution in [3.05, 3.63) is 45.1 Å². The number of amidine groups is 1. The van der Waals surface area contributed by atoms with E-state index >= 15 is 4.39 Å². The molecule has 2 aliphatic heterocycles. The lowest BCUT2D eigenvalue weighted by Crippen LogP contribution is -2.72. The number of hydrogen-bond acceptors (Lipinski definition) is 6. The zero-order chi connectivity index (χ0) is 27.4. The van der Waals surface area contributed by atoms with Gasteiger partial charge in [-0.25, -0.2) is 9.18 Å². The molecular formula is C28H36FN4O5+. The molecule has 1 unspecified atom stereocenters. The summed E-state index contributed by atoms with van der Waals surface area (Å²) in [4.78, 5) is 45.5. The Balaban J connectivity index is 1.48. The van der Waals surface area contributed by atoms with Crippen LogP contribution in [0.4, 0.5) is 14.9 Å². The minimum Gasteiger partial charge on any atom is -0.462 e. The number of pyridine rings is 2. The van der Waals surface area contributed by atoms with Crippen molar-refractivity contribution in [1.82, 2.24) is 9.30 Å². The zero-order valence-electron chi connectivity index (χ0n) is 22.7. The molecule has 1 aliphatic carbocycles. The van der Waals surface area contributed by atoms with E-state index in [9.17, 15) is 14.4 Å².